The average Bonchev–Trinajstić information content (AvgIpc) is 2.15. The smallest absolute Gasteiger partial charge is 0.132 e. The first-order chi connectivity index (χ1) is 7.22. The van der Waals surface area contributed by atoms with E-state index in [0.717, 1.165) is 18.9 Å². The van der Waals surface area contributed by atoms with Crippen molar-refractivity contribution in [3.05, 3.63) is 22.8 Å². The van der Waals surface area contributed by atoms with E-state index in [0.29, 0.717) is 10.7 Å². The molecule has 0 radical (unpaired) electrons. The molecule has 0 bridgehead atoms. The van der Waals surface area contributed by atoms with E-state index in [1.54, 1.807) is 19.2 Å². The van der Waals surface area contributed by atoms with E-state index >= 15 is 0 Å². The maximum Gasteiger partial charge on any atom is 0.132 e. The van der Waals surface area contributed by atoms with Crippen molar-refractivity contribution in [3.8, 4) is 6.07 Å². The van der Waals surface area contributed by atoms with Crippen LogP contribution in [0.25, 0.3) is 0 Å². The van der Waals surface area contributed by atoms with E-state index in [1.807, 2.05) is 4.90 Å². The lowest BCUT2D eigenvalue weighted by molar-refractivity contribution is 0.0783. The molecule has 5 heteroatoms. The third-order valence-corrected chi connectivity index (χ3v) is 2.61. The zero-order valence-corrected chi connectivity index (χ0v) is 9.03. The monoisotopic (exact) mass is 223 g/mol. The molecule has 0 saturated carbocycles. The lowest BCUT2D eigenvalue weighted by Gasteiger charge is -2.39. The van der Waals surface area contributed by atoms with E-state index < -0.39 is 0 Å². The van der Waals surface area contributed by atoms with Gasteiger partial charge >= 0.3 is 0 Å². The molecule has 1 aliphatic heterocycles. The second-order valence-electron chi connectivity index (χ2n) is 3.41. The second kappa shape index (κ2) is 4.05. The molecule has 4 nitrogen and oxygen atoms in total. The summed E-state index contributed by atoms with van der Waals surface area (Å²) >= 11 is 5.80. The SMILES string of the molecule is COC1CN(c2cc(C#N)cc(Cl)n2)C1. The number of pyridine rings is 1. The van der Waals surface area contributed by atoms with Gasteiger partial charge in [-0.05, 0) is 12.1 Å². The van der Waals surface area contributed by atoms with Gasteiger partial charge in [-0.1, -0.05) is 11.6 Å². The van der Waals surface area contributed by atoms with Gasteiger partial charge in [-0.15, -0.1) is 0 Å². The highest BCUT2D eigenvalue weighted by molar-refractivity contribution is 6.29. The molecule has 0 unspecified atom stereocenters. The molecular weight excluding hydrogens is 214 g/mol. The Bertz CT molecular complexity index is 410. The minimum absolute atomic E-state index is 0.260. The first-order valence-electron chi connectivity index (χ1n) is 4.58. The first kappa shape index (κ1) is 10.2. The van der Waals surface area contributed by atoms with Gasteiger partial charge < -0.3 is 9.64 Å². The Balaban J connectivity index is 2.16. The predicted molar refractivity (Wildman–Crippen MR) is 57.0 cm³/mol. The Morgan fingerprint density at radius 3 is 2.93 bits per heavy atom. The lowest BCUT2D eigenvalue weighted by Crippen LogP contribution is -2.52. The molecule has 1 aliphatic rings. The van der Waals surface area contributed by atoms with Gasteiger partial charge in [0, 0.05) is 20.2 Å². The molecule has 2 heterocycles. The normalized spacial score (nSPS) is 15.9. The van der Waals surface area contributed by atoms with Crippen LogP contribution in [0, 0.1) is 11.3 Å². The van der Waals surface area contributed by atoms with Crippen LogP contribution in [0.4, 0.5) is 5.82 Å². The van der Waals surface area contributed by atoms with Crippen LogP contribution in [0.2, 0.25) is 5.15 Å². The van der Waals surface area contributed by atoms with Crippen LogP contribution in [0.5, 0.6) is 0 Å². The summed E-state index contributed by atoms with van der Waals surface area (Å²) < 4.78 is 5.16. The third kappa shape index (κ3) is 2.04. The predicted octanol–water partition coefficient (Wildman–Crippen LogP) is 1.44. The zero-order valence-electron chi connectivity index (χ0n) is 8.27. The first-order valence-corrected chi connectivity index (χ1v) is 4.96. The van der Waals surface area contributed by atoms with Gasteiger partial charge in [-0.3, -0.25) is 0 Å². The topological polar surface area (TPSA) is 49.1 Å². The molecule has 15 heavy (non-hydrogen) atoms. The van der Waals surface area contributed by atoms with Crippen LogP contribution in [0.1, 0.15) is 5.56 Å². The molecule has 0 aromatic carbocycles. The van der Waals surface area contributed by atoms with Crippen LogP contribution in [-0.2, 0) is 4.74 Å². The number of hydrogen-bond donors (Lipinski definition) is 0. The van der Waals surface area contributed by atoms with Gasteiger partial charge in [0.2, 0.25) is 0 Å². The summed E-state index contributed by atoms with van der Waals surface area (Å²) in [4.78, 5) is 6.19. The van der Waals surface area contributed by atoms with E-state index in [1.165, 1.54) is 0 Å². The molecule has 1 saturated heterocycles. The van der Waals surface area contributed by atoms with Gasteiger partial charge in [0.15, 0.2) is 0 Å². The molecule has 1 fully saturated rings. The number of aromatic nitrogens is 1. The lowest BCUT2D eigenvalue weighted by atomic mass is 10.1. The van der Waals surface area contributed by atoms with Crippen molar-refractivity contribution in [2.45, 2.75) is 6.10 Å². The molecular formula is C10H10ClN3O. The van der Waals surface area contributed by atoms with E-state index in [4.69, 9.17) is 21.6 Å². The minimum atomic E-state index is 0.260. The summed E-state index contributed by atoms with van der Waals surface area (Å²) in [5.41, 5.74) is 0.533. The molecule has 0 N–H and O–H groups in total. The zero-order chi connectivity index (χ0) is 10.8. The largest absolute Gasteiger partial charge is 0.378 e. The molecule has 1 aromatic rings. The van der Waals surface area contributed by atoms with Crippen LogP contribution < -0.4 is 4.90 Å². The fraction of sp³-hybridized carbons (Fsp3) is 0.400. The van der Waals surface area contributed by atoms with Crippen molar-refractivity contribution in [1.82, 2.24) is 4.98 Å². The maximum absolute atomic E-state index is 8.78. The maximum atomic E-state index is 8.78. The number of anilines is 1. The summed E-state index contributed by atoms with van der Waals surface area (Å²) in [6.07, 6.45) is 0.260. The summed E-state index contributed by atoms with van der Waals surface area (Å²) in [5.74, 6) is 0.743. The van der Waals surface area contributed by atoms with Gasteiger partial charge in [0.05, 0.1) is 17.7 Å². The molecule has 2 rings (SSSR count). The van der Waals surface area contributed by atoms with Crippen molar-refractivity contribution < 1.29 is 4.74 Å². The Labute approximate surface area is 93.0 Å². The Hall–Kier alpha value is -1.31. The second-order valence-corrected chi connectivity index (χ2v) is 3.80. The number of ether oxygens (including phenoxy) is 1. The van der Waals surface area contributed by atoms with Gasteiger partial charge in [-0.2, -0.15) is 5.26 Å². The van der Waals surface area contributed by atoms with Crippen molar-refractivity contribution in [1.29, 1.82) is 5.26 Å². The number of nitriles is 1. The highest BCUT2D eigenvalue weighted by Gasteiger charge is 2.27. The Morgan fingerprint density at radius 2 is 2.33 bits per heavy atom. The van der Waals surface area contributed by atoms with Crippen molar-refractivity contribution in [2.75, 3.05) is 25.1 Å². The molecule has 0 spiro atoms. The van der Waals surface area contributed by atoms with Crippen molar-refractivity contribution >= 4 is 17.4 Å². The summed E-state index contributed by atoms with van der Waals surface area (Å²) in [7, 11) is 1.69. The van der Waals surface area contributed by atoms with Crippen LogP contribution in [-0.4, -0.2) is 31.3 Å². The van der Waals surface area contributed by atoms with Crippen molar-refractivity contribution in [3.63, 3.8) is 0 Å². The summed E-state index contributed by atoms with van der Waals surface area (Å²) in [5, 5.41) is 9.13. The Kier molecular flexibility index (Phi) is 2.76. The quantitative estimate of drug-likeness (QED) is 0.712. The van der Waals surface area contributed by atoms with E-state index in [2.05, 4.69) is 11.1 Å². The number of methoxy groups -OCH3 is 1. The molecule has 0 aliphatic carbocycles. The van der Waals surface area contributed by atoms with Gasteiger partial charge in [-0.25, -0.2) is 4.98 Å². The summed E-state index contributed by atoms with van der Waals surface area (Å²) in [6.45, 7) is 1.60. The summed E-state index contributed by atoms with van der Waals surface area (Å²) in [6, 6.07) is 5.34. The van der Waals surface area contributed by atoms with Crippen LogP contribution >= 0.6 is 11.6 Å². The highest BCUT2D eigenvalue weighted by atomic mass is 35.5. The van der Waals surface area contributed by atoms with Gasteiger partial charge in [0.25, 0.3) is 0 Å². The standard InChI is InChI=1S/C10H10ClN3O/c1-15-8-5-14(6-8)10-3-7(4-12)2-9(11)13-10/h2-3,8H,5-6H2,1H3. The Morgan fingerprint density at radius 1 is 1.60 bits per heavy atom. The number of hydrogen-bond acceptors (Lipinski definition) is 4. The molecule has 78 valence electrons. The fourth-order valence-corrected chi connectivity index (χ4v) is 1.69. The molecule has 1 aromatic heterocycles. The third-order valence-electron chi connectivity index (χ3n) is 2.42. The van der Waals surface area contributed by atoms with Crippen LogP contribution in [0.15, 0.2) is 12.1 Å². The minimum Gasteiger partial charge on any atom is -0.378 e. The average molecular weight is 224 g/mol. The molecule has 0 atom stereocenters. The van der Waals surface area contributed by atoms with Gasteiger partial charge in [0.1, 0.15) is 11.0 Å². The fourth-order valence-electron chi connectivity index (χ4n) is 1.48. The van der Waals surface area contributed by atoms with Crippen LogP contribution in [0.3, 0.4) is 0 Å². The molecule has 0 amide bonds. The number of halogens is 1. The number of rotatable bonds is 2. The van der Waals surface area contributed by atoms with E-state index in [-0.39, 0.29) is 6.10 Å². The highest BCUT2D eigenvalue weighted by Crippen LogP contribution is 2.23. The number of nitrogens with zero attached hydrogens (tertiary/aromatic N) is 3. The van der Waals surface area contributed by atoms with E-state index in [9.17, 15) is 0 Å². The van der Waals surface area contributed by atoms with Crippen molar-refractivity contribution in [2.24, 2.45) is 0 Å².